The standard InChI is InChI=1S/C36H45FN6O9S/c1-20-28(51-2)13-12-25-29(15-30(44)39-31(20)25)52-23-14-27-32(45)40-36(34(47)41-53(49,50)24-10-11-24)16-21(36)8-6-4-3-5-7-9-26(33(46)43(27)19-23)38-35(48)42-17-22(37)18-42/h6,8,12-13,15,21-24,26-27H,3-5,7,9-11,14,16-19H2,1-2H3,(H,38,48)(H,39,44)(H,40,45)(H,41,47). The Morgan fingerprint density at radius 3 is 2.53 bits per heavy atom. The van der Waals surface area contributed by atoms with Crippen LogP contribution in [0, 0.1) is 12.8 Å². The van der Waals surface area contributed by atoms with E-state index in [2.05, 4.69) is 20.3 Å². The van der Waals surface area contributed by atoms with Crippen LogP contribution in [0.3, 0.4) is 0 Å². The van der Waals surface area contributed by atoms with E-state index in [0.29, 0.717) is 47.9 Å². The molecule has 17 heteroatoms. The Balaban J connectivity index is 1.20. The Bertz CT molecular complexity index is 2010. The molecule has 4 heterocycles. The summed E-state index contributed by atoms with van der Waals surface area (Å²) in [6.07, 6.45) is 5.85. The third kappa shape index (κ3) is 7.44. The van der Waals surface area contributed by atoms with E-state index >= 15 is 0 Å². The fraction of sp³-hybridized carbons (Fsp3) is 0.583. The van der Waals surface area contributed by atoms with Crippen molar-refractivity contribution in [1.82, 2.24) is 30.1 Å². The molecule has 5 atom stereocenters. The van der Waals surface area contributed by atoms with E-state index in [-0.39, 0.29) is 44.6 Å². The van der Waals surface area contributed by atoms with Gasteiger partial charge in [-0.1, -0.05) is 25.0 Å². The molecule has 15 nitrogen and oxygen atoms in total. The first-order chi connectivity index (χ1) is 25.3. The summed E-state index contributed by atoms with van der Waals surface area (Å²) in [5.74, 6) is -1.73. The van der Waals surface area contributed by atoms with Gasteiger partial charge in [0.1, 0.15) is 41.4 Å². The molecule has 0 radical (unpaired) electrons. The number of fused-ring (bicyclic) bond motifs is 3. The number of allylic oxidation sites excluding steroid dienone is 1. The number of methoxy groups -OCH3 is 1. The average Bonchev–Trinajstić information content (AvgIpc) is 4.03. The number of ether oxygens (including phenoxy) is 2. The monoisotopic (exact) mass is 756 g/mol. The molecular weight excluding hydrogens is 711 g/mol. The first-order valence-corrected chi connectivity index (χ1v) is 19.8. The molecule has 0 bridgehead atoms. The largest absolute Gasteiger partial charge is 0.496 e. The Morgan fingerprint density at radius 2 is 1.81 bits per heavy atom. The average molecular weight is 757 g/mol. The molecule has 5 aliphatic rings. The number of hydrogen-bond acceptors (Lipinski definition) is 9. The Labute approximate surface area is 306 Å². The number of pyridine rings is 1. The summed E-state index contributed by atoms with van der Waals surface area (Å²) >= 11 is 0. The van der Waals surface area contributed by atoms with E-state index in [1.54, 1.807) is 19.1 Å². The summed E-state index contributed by atoms with van der Waals surface area (Å²) in [5.41, 5.74) is -0.797. The lowest BCUT2D eigenvalue weighted by Gasteiger charge is -2.36. The molecule has 7 rings (SSSR count). The van der Waals surface area contributed by atoms with Gasteiger partial charge in [0, 0.05) is 29.4 Å². The summed E-state index contributed by atoms with van der Waals surface area (Å²) in [5, 5.41) is 5.52. The maximum Gasteiger partial charge on any atom is 0.318 e. The van der Waals surface area contributed by atoms with Crippen molar-refractivity contribution >= 4 is 44.7 Å². The zero-order valence-electron chi connectivity index (χ0n) is 29.7. The van der Waals surface area contributed by atoms with Gasteiger partial charge in [-0.05, 0) is 57.6 Å². The molecule has 5 unspecified atom stereocenters. The number of sulfonamides is 1. The van der Waals surface area contributed by atoms with Gasteiger partial charge in [0.15, 0.2) is 0 Å². The van der Waals surface area contributed by atoms with Crippen molar-refractivity contribution in [3.05, 3.63) is 46.3 Å². The summed E-state index contributed by atoms with van der Waals surface area (Å²) < 4.78 is 53.2. The lowest BCUT2D eigenvalue weighted by Crippen LogP contribution is -2.61. The first-order valence-electron chi connectivity index (χ1n) is 18.2. The minimum Gasteiger partial charge on any atom is -0.496 e. The molecule has 2 saturated heterocycles. The number of amides is 5. The Morgan fingerprint density at radius 1 is 1.04 bits per heavy atom. The lowest BCUT2D eigenvalue weighted by molar-refractivity contribution is -0.141. The number of rotatable bonds is 7. The van der Waals surface area contributed by atoms with E-state index in [1.165, 1.54) is 23.0 Å². The second kappa shape index (κ2) is 14.3. The van der Waals surface area contributed by atoms with Gasteiger partial charge < -0.3 is 34.9 Å². The van der Waals surface area contributed by atoms with Crippen LogP contribution in [-0.4, -0.2) is 109 Å². The molecule has 1 aromatic heterocycles. The Hall–Kier alpha value is -4.67. The molecule has 4 fully saturated rings. The number of halogens is 1. The Kier molecular flexibility index (Phi) is 9.89. The van der Waals surface area contributed by atoms with Crippen molar-refractivity contribution in [3.8, 4) is 11.5 Å². The molecule has 2 aliphatic carbocycles. The van der Waals surface area contributed by atoms with E-state index in [1.807, 2.05) is 12.2 Å². The van der Waals surface area contributed by atoms with Crippen molar-refractivity contribution in [2.75, 3.05) is 26.7 Å². The topological polar surface area (TPSA) is 196 Å². The van der Waals surface area contributed by atoms with Crippen LogP contribution in [0.15, 0.2) is 35.1 Å². The molecule has 53 heavy (non-hydrogen) atoms. The number of aromatic nitrogens is 1. The lowest BCUT2D eigenvalue weighted by atomic mass is 10.0. The summed E-state index contributed by atoms with van der Waals surface area (Å²) in [4.78, 5) is 73.7. The smallest absolute Gasteiger partial charge is 0.318 e. The number of hydrogen-bond donors (Lipinski definition) is 4. The minimum atomic E-state index is -3.92. The minimum absolute atomic E-state index is 0.0318. The van der Waals surface area contributed by atoms with Gasteiger partial charge >= 0.3 is 6.03 Å². The molecule has 4 N–H and O–H groups in total. The van der Waals surface area contributed by atoms with Gasteiger partial charge in [-0.3, -0.25) is 23.9 Å². The molecule has 5 amide bonds. The normalized spacial score (nSPS) is 28.1. The number of alkyl halides is 1. The highest BCUT2D eigenvalue weighted by Gasteiger charge is 2.62. The number of benzene rings is 1. The second-order valence-electron chi connectivity index (χ2n) is 14.8. The summed E-state index contributed by atoms with van der Waals surface area (Å²) in [6.45, 7) is 1.53. The van der Waals surface area contributed by atoms with Crippen molar-refractivity contribution < 1.29 is 41.5 Å². The van der Waals surface area contributed by atoms with Crippen molar-refractivity contribution in [2.24, 2.45) is 5.92 Å². The number of carbonyl (C=O) groups excluding carboxylic acids is 4. The van der Waals surface area contributed by atoms with Gasteiger partial charge in [-0.15, -0.1) is 0 Å². The summed E-state index contributed by atoms with van der Waals surface area (Å²) in [6, 6.07) is 1.97. The predicted octanol–water partition coefficient (Wildman–Crippen LogP) is 1.93. The highest BCUT2D eigenvalue weighted by atomic mass is 32.2. The van der Waals surface area contributed by atoms with E-state index < -0.39 is 80.4 Å². The van der Waals surface area contributed by atoms with Gasteiger partial charge in [0.25, 0.3) is 11.5 Å². The highest BCUT2D eigenvalue weighted by Crippen LogP contribution is 2.46. The molecule has 286 valence electrons. The number of urea groups is 1. The molecule has 0 spiro atoms. The van der Waals surface area contributed by atoms with Gasteiger partial charge in [0.2, 0.25) is 21.8 Å². The summed E-state index contributed by atoms with van der Waals surface area (Å²) in [7, 11) is -2.40. The SMILES string of the molecule is COc1ccc2c(OC3CC4C(=O)NC5(C(=O)NS(=O)(=O)C6CC6)CC5C=CCCCCCC(NC(=O)N5CC(F)C5)C(=O)N4C3)cc(=O)[nH]c2c1C. The van der Waals surface area contributed by atoms with E-state index in [0.717, 1.165) is 12.8 Å². The van der Waals surface area contributed by atoms with Crippen LogP contribution in [0.25, 0.3) is 10.9 Å². The molecular formula is C36H45FN6O9S. The van der Waals surface area contributed by atoms with Crippen LogP contribution in [-0.2, 0) is 24.4 Å². The first kappa shape index (κ1) is 36.7. The fourth-order valence-electron chi connectivity index (χ4n) is 7.59. The zero-order valence-corrected chi connectivity index (χ0v) is 30.5. The van der Waals surface area contributed by atoms with Crippen molar-refractivity contribution in [2.45, 2.75) is 99.9 Å². The van der Waals surface area contributed by atoms with Gasteiger partial charge in [0.05, 0.1) is 37.5 Å². The second-order valence-corrected chi connectivity index (χ2v) is 16.8. The van der Waals surface area contributed by atoms with Crippen LogP contribution < -0.4 is 30.4 Å². The number of aryl methyl sites for hydroxylation is 1. The quantitative estimate of drug-likeness (QED) is 0.305. The number of carbonyl (C=O) groups is 4. The van der Waals surface area contributed by atoms with Crippen molar-refractivity contribution in [3.63, 3.8) is 0 Å². The highest BCUT2D eigenvalue weighted by molar-refractivity contribution is 7.91. The number of nitrogens with zero attached hydrogens (tertiary/aromatic N) is 2. The van der Waals surface area contributed by atoms with Crippen LogP contribution >= 0.6 is 0 Å². The third-order valence-electron chi connectivity index (χ3n) is 11.0. The molecule has 2 saturated carbocycles. The predicted molar refractivity (Wildman–Crippen MR) is 190 cm³/mol. The molecule has 1 aromatic carbocycles. The van der Waals surface area contributed by atoms with E-state index in [4.69, 9.17) is 9.47 Å². The zero-order chi connectivity index (χ0) is 37.7. The number of likely N-dealkylation sites (tertiary alicyclic amines) is 1. The van der Waals surface area contributed by atoms with Crippen LogP contribution in [0.2, 0.25) is 0 Å². The molecule has 3 aliphatic heterocycles. The maximum atomic E-state index is 14.4. The van der Waals surface area contributed by atoms with Gasteiger partial charge in [-0.25, -0.2) is 17.6 Å². The van der Waals surface area contributed by atoms with E-state index in [9.17, 15) is 36.8 Å². The maximum absolute atomic E-state index is 14.4. The van der Waals surface area contributed by atoms with Crippen LogP contribution in [0.1, 0.15) is 63.4 Å². The van der Waals surface area contributed by atoms with Crippen molar-refractivity contribution in [1.29, 1.82) is 0 Å². The third-order valence-corrected chi connectivity index (χ3v) is 12.8. The molecule has 2 aromatic rings. The number of nitrogens with one attached hydrogen (secondary N) is 4. The van der Waals surface area contributed by atoms with Crippen LogP contribution in [0.4, 0.5) is 9.18 Å². The van der Waals surface area contributed by atoms with Crippen LogP contribution in [0.5, 0.6) is 11.5 Å². The fourth-order valence-corrected chi connectivity index (χ4v) is 8.96. The number of aromatic amines is 1. The van der Waals surface area contributed by atoms with Gasteiger partial charge in [-0.2, -0.15) is 0 Å². The number of H-pyrrole nitrogens is 1.